The lowest BCUT2D eigenvalue weighted by molar-refractivity contribution is -0.123. The third-order valence-electron chi connectivity index (χ3n) is 6.40. The summed E-state index contributed by atoms with van der Waals surface area (Å²) in [5, 5.41) is 2.87. The lowest BCUT2D eigenvalue weighted by Gasteiger charge is -2.32. The molecule has 0 bridgehead atoms. The first-order valence-corrected chi connectivity index (χ1v) is 13.0. The lowest BCUT2D eigenvalue weighted by atomic mass is 10.0. The molecule has 2 aliphatic rings. The van der Waals surface area contributed by atoms with E-state index in [1.807, 2.05) is 0 Å². The molecule has 39 heavy (non-hydrogen) atoms. The number of hydrogen-bond acceptors (Lipinski definition) is 9. The van der Waals surface area contributed by atoms with Crippen molar-refractivity contribution in [1.82, 2.24) is 9.69 Å². The van der Waals surface area contributed by atoms with Crippen molar-refractivity contribution >= 4 is 40.6 Å². The van der Waals surface area contributed by atoms with Gasteiger partial charge < -0.3 is 31.0 Å². The molecule has 3 aromatic rings. The average Bonchev–Trinajstić information content (AvgIpc) is 3.60. The van der Waals surface area contributed by atoms with Crippen molar-refractivity contribution < 1.29 is 33.0 Å². The Labute approximate surface area is 227 Å². The summed E-state index contributed by atoms with van der Waals surface area (Å²) in [5.41, 5.74) is 11.6. The van der Waals surface area contributed by atoms with Crippen LogP contribution in [-0.2, 0) is 9.53 Å². The van der Waals surface area contributed by atoms with Gasteiger partial charge in [-0.1, -0.05) is 12.1 Å². The summed E-state index contributed by atoms with van der Waals surface area (Å²) in [5.74, 6) is -1.78. The molecule has 0 radical (unpaired) electrons. The fourth-order valence-electron chi connectivity index (χ4n) is 4.48. The van der Waals surface area contributed by atoms with E-state index in [0.29, 0.717) is 48.4 Å². The Balaban J connectivity index is 1.61. The van der Waals surface area contributed by atoms with Crippen molar-refractivity contribution in [3.63, 3.8) is 0 Å². The van der Waals surface area contributed by atoms with Crippen LogP contribution in [0.15, 0.2) is 42.5 Å². The molecule has 0 spiro atoms. The summed E-state index contributed by atoms with van der Waals surface area (Å²) in [7, 11) is 0. The molecule has 1 aromatic heterocycles. The van der Waals surface area contributed by atoms with Crippen LogP contribution in [-0.4, -0.2) is 54.6 Å². The topological polar surface area (TPSA) is 159 Å². The SMILES string of the molecule is NC(=O)c1nsc(C(=O)N(c2ccc3c(c2)OCCO3)[C@@H](C(=O)NC[C@H]2CCCO2)c2ccc(F)cc2)c1N. The number of ether oxygens (including phenoxy) is 3. The number of nitrogens with two attached hydrogens (primary N) is 2. The molecule has 1 fully saturated rings. The third kappa shape index (κ3) is 5.49. The molecule has 2 atom stereocenters. The number of nitrogen functional groups attached to an aromatic ring is 1. The van der Waals surface area contributed by atoms with Crippen LogP contribution in [0.2, 0.25) is 0 Å². The molecule has 2 aliphatic heterocycles. The highest BCUT2D eigenvalue weighted by Gasteiger charge is 2.37. The van der Waals surface area contributed by atoms with Gasteiger partial charge in [0.15, 0.2) is 17.2 Å². The first-order valence-electron chi connectivity index (χ1n) is 12.3. The fourth-order valence-corrected chi connectivity index (χ4v) is 5.23. The molecule has 13 heteroatoms. The molecule has 3 amide bonds. The monoisotopic (exact) mass is 555 g/mol. The third-order valence-corrected chi connectivity index (χ3v) is 7.25. The van der Waals surface area contributed by atoms with Crippen LogP contribution < -0.4 is 31.2 Å². The summed E-state index contributed by atoms with van der Waals surface area (Å²) in [6, 6.07) is 8.79. The minimum atomic E-state index is -1.26. The smallest absolute Gasteiger partial charge is 0.273 e. The summed E-state index contributed by atoms with van der Waals surface area (Å²) in [4.78, 5) is 40.8. The van der Waals surface area contributed by atoms with E-state index in [9.17, 15) is 18.8 Å². The predicted octanol–water partition coefficient (Wildman–Crippen LogP) is 2.42. The molecule has 1 saturated heterocycles. The number of amides is 3. The Kier molecular flexibility index (Phi) is 7.61. The van der Waals surface area contributed by atoms with E-state index >= 15 is 0 Å². The highest BCUT2D eigenvalue weighted by Crippen LogP contribution is 2.39. The second-order valence-electron chi connectivity index (χ2n) is 8.98. The van der Waals surface area contributed by atoms with Crippen molar-refractivity contribution in [2.45, 2.75) is 25.0 Å². The zero-order valence-corrected chi connectivity index (χ0v) is 21.5. The Hall–Kier alpha value is -4.23. The van der Waals surface area contributed by atoms with Crippen molar-refractivity contribution in [3.05, 3.63) is 64.4 Å². The van der Waals surface area contributed by atoms with Gasteiger partial charge >= 0.3 is 0 Å². The molecule has 0 aliphatic carbocycles. The van der Waals surface area contributed by atoms with Crippen molar-refractivity contribution in [2.24, 2.45) is 5.73 Å². The Morgan fingerprint density at radius 2 is 1.85 bits per heavy atom. The molecular formula is C26H26FN5O6S. The van der Waals surface area contributed by atoms with E-state index < -0.39 is 29.6 Å². The van der Waals surface area contributed by atoms with Crippen molar-refractivity contribution in [1.29, 1.82) is 0 Å². The Morgan fingerprint density at radius 3 is 2.51 bits per heavy atom. The minimum absolute atomic E-state index is 0.0854. The van der Waals surface area contributed by atoms with Crippen LogP contribution >= 0.6 is 11.5 Å². The van der Waals surface area contributed by atoms with Gasteiger partial charge in [-0.3, -0.25) is 19.3 Å². The quantitative estimate of drug-likeness (QED) is 0.382. The van der Waals surface area contributed by atoms with Gasteiger partial charge in [-0.25, -0.2) is 4.39 Å². The number of nitrogens with one attached hydrogen (secondary N) is 1. The van der Waals surface area contributed by atoms with Gasteiger partial charge in [0.2, 0.25) is 5.91 Å². The fraction of sp³-hybridized carbons (Fsp3) is 0.308. The Morgan fingerprint density at radius 1 is 1.10 bits per heavy atom. The average molecular weight is 556 g/mol. The maximum Gasteiger partial charge on any atom is 0.273 e. The number of halogens is 1. The number of primary amides is 1. The zero-order chi connectivity index (χ0) is 27.5. The van der Waals surface area contributed by atoms with Gasteiger partial charge in [0.05, 0.1) is 11.8 Å². The van der Waals surface area contributed by atoms with Gasteiger partial charge in [0.1, 0.15) is 29.9 Å². The van der Waals surface area contributed by atoms with Crippen LogP contribution in [0.1, 0.15) is 44.6 Å². The van der Waals surface area contributed by atoms with Crippen LogP contribution in [0.3, 0.4) is 0 Å². The Bertz CT molecular complexity index is 1390. The van der Waals surface area contributed by atoms with Crippen LogP contribution in [0, 0.1) is 5.82 Å². The molecule has 2 aromatic carbocycles. The summed E-state index contributed by atoms with van der Waals surface area (Å²) in [6.45, 7) is 1.51. The first kappa shape index (κ1) is 26.4. The second kappa shape index (κ2) is 11.3. The number of fused-ring (bicyclic) bond motifs is 1. The first-order chi connectivity index (χ1) is 18.8. The molecule has 11 nitrogen and oxygen atoms in total. The summed E-state index contributed by atoms with van der Waals surface area (Å²) in [6.07, 6.45) is 1.52. The van der Waals surface area contributed by atoms with E-state index in [1.54, 1.807) is 18.2 Å². The van der Waals surface area contributed by atoms with E-state index in [0.717, 1.165) is 12.8 Å². The molecule has 204 valence electrons. The maximum atomic E-state index is 14.1. The minimum Gasteiger partial charge on any atom is -0.486 e. The van der Waals surface area contributed by atoms with Crippen LogP contribution in [0.25, 0.3) is 0 Å². The van der Waals surface area contributed by atoms with Crippen molar-refractivity contribution in [2.75, 3.05) is 37.0 Å². The number of carbonyl (C=O) groups excluding carboxylic acids is 3. The number of rotatable bonds is 8. The molecule has 3 heterocycles. The summed E-state index contributed by atoms with van der Waals surface area (Å²) >= 11 is 0.690. The highest BCUT2D eigenvalue weighted by molar-refractivity contribution is 7.09. The number of anilines is 2. The van der Waals surface area contributed by atoms with Gasteiger partial charge in [-0.15, -0.1) is 0 Å². The van der Waals surface area contributed by atoms with Gasteiger partial charge in [0, 0.05) is 24.9 Å². The molecule has 0 saturated carbocycles. The highest BCUT2D eigenvalue weighted by atomic mass is 32.1. The van der Waals surface area contributed by atoms with E-state index in [1.165, 1.54) is 29.2 Å². The van der Waals surface area contributed by atoms with Crippen molar-refractivity contribution in [3.8, 4) is 11.5 Å². The number of nitrogens with zero attached hydrogens (tertiary/aromatic N) is 2. The molecule has 0 unspecified atom stereocenters. The standard InChI is InChI=1S/C26H26FN5O6S/c27-15-5-3-14(4-6-15)22(25(34)30-13-17-2-1-9-36-17)32(16-7-8-18-19(12-16)38-11-10-37-18)26(35)23-20(28)21(24(29)33)31-39-23/h3-8,12,17,22H,1-2,9-11,13,28H2,(H2,29,33)(H,30,34)/t17-,22-/m1/s1. The van der Waals surface area contributed by atoms with E-state index in [4.69, 9.17) is 25.7 Å². The second-order valence-corrected chi connectivity index (χ2v) is 9.75. The number of hydrogen-bond donors (Lipinski definition) is 3. The number of aromatic nitrogens is 1. The van der Waals surface area contributed by atoms with E-state index in [2.05, 4.69) is 9.69 Å². The zero-order valence-electron chi connectivity index (χ0n) is 20.7. The largest absolute Gasteiger partial charge is 0.486 e. The van der Waals surface area contributed by atoms with Gasteiger partial charge in [-0.2, -0.15) is 4.37 Å². The van der Waals surface area contributed by atoms with E-state index in [-0.39, 0.29) is 34.6 Å². The molecule has 5 N–H and O–H groups in total. The number of benzene rings is 2. The van der Waals surface area contributed by atoms with Gasteiger partial charge in [-0.05, 0) is 54.2 Å². The number of carbonyl (C=O) groups is 3. The predicted molar refractivity (Wildman–Crippen MR) is 140 cm³/mol. The summed E-state index contributed by atoms with van der Waals surface area (Å²) < 4.78 is 34.8. The maximum absolute atomic E-state index is 14.1. The normalized spacial score (nSPS) is 16.9. The molecule has 5 rings (SSSR count). The van der Waals surface area contributed by atoms with Crippen LogP contribution in [0.5, 0.6) is 11.5 Å². The lowest BCUT2D eigenvalue weighted by Crippen LogP contribution is -2.45. The molecular weight excluding hydrogens is 529 g/mol. The van der Waals surface area contributed by atoms with Gasteiger partial charge in [0.25, 0.3) is 11.8 Å². The van der Waals surface area contributed by atoms with Crippen LogP contribution in [0.4, 0.5) is 15.8 Å².